The van der Waals surface area contributed by atoms with E-state index in [1.54, 1.807) is 21.7 Å². The summed E-state index contributed by atoms with van der Waals surface area (Å²) in [6, 6.07) is 6.07. The van der Waals surface area contributed by atoms with Crippen LogP contribution in [0, 0.1) is 0 Å². The summed E-state index contributed by atoms with van der Waals surface area (Å²) in [7, 11) is 0. The molecule has 4 rings (SSSR count). The van der Waals surface area contributed by atoms with E-state index in [0.717, 1.165) is 16.8 Å². The zero-order valence-electron chi connectivity index (χ0n) is 18.7. The molecule has 1 aromatic heterocycles. The molecule has 0 saturated carbocycles. The van der Waals surface area contributed by atoms with Gasteiger partial charge in [0.15, 0.2) is 0 Å². The van der Waals surface area contributed by atoms with Gasteiger partial charge in [0.2, 0.25) is 5.91 Å². The first-order valence-electron chi connectivity index (χ1n) is 10.7. The summed E-state index contributed by atoms with van der Waals surface area (Å²) in [5.41, 5.74) is 3.10. The molecule has 2 aliphatic rings. The van der Waals surface area contributed by atoms with Gasteiger partial charge in [-0.3, -0.25) is 14.3 Å². The van der Waals surface area contributed by atoms with Gasteiger partial charge in [0.1, 0.15) is 11.4 Å². The van der Waals surface area contributed by atoms with Gasteiger partial charge < -0.3 is 20.3 Å². The summed E-state index contributed by atoms with van der Waals surface area (Å²) >= 11 is 0. The molecule has 3 heterocycles. The fourth-order valence-corrected chi connectivity index (χ4v) is 4.53. The Hall–Kier alpha value is -2.72. The van der Waals surface area contributed by atoms with Crippen LogP contribution in [0.5, 0.6) is 5.75 Å². The molecule has 0 saturated heterocycles. The lowest BCUT2D eigenvalue weighted by atomic mass is 9.93. The standard InChI is InChI=1S/C22H27F2N5O3.ClH/c1-12-10-17-19(18(26-12)11-25-14(3)30)20-21(31)28(8-9-29(20)27-17)13(2)15-4-6-16(7-5-15)32-22(23)24;/h4-7,12-13,18,22,26H,8-11H2,1-3H3,(H,25,30);1H/t12-,13?,18?;/m1./s1. The summed E-state index contributed by atoms with van der Waals surface area (Å²) in [6.07, 6.45) is 0.709. The molecule has 2 aliphatic heterocycles. The first kappa shape index (κ1) is 24.9. The van der Waals surface area contributed by atoms with Crippen LogP contribution >= 0.6 is 12.4 Å². The van der Waals surface area contributed by atoms with Crippen LogP contribution < -0.4 is 15.4 Å². The second-order valence-corrected chi connectivity index (χ2v) is 8.32. The van der Waals surface area contributed by atoms with Gasteiger partial charge >= 0.3 is 6.61 Å². The number of carbonyl (C=O) groups is 2. The summed E-state index contributed by atoms with van der Waals surface area (Å²) in [5, 5.41) is 11.0. The number of hydrogen-bond acceptors (Lipinski definition) is 5. The van der Waals surface area contributed by atoms with Gasteiger partial charge in [-0.25, -0.2) is 0 Å². The molecule has 1 aromatic carbocycles. The lowest BCUT2D eigenvalue weighted by Gasteiger charge is -2.35. The maximum Gasteiger partial charge on any atom is 0.387 e. The molecular formula is C22H28ClF2N5O3. The Morgan fingerprint density at radius 2 is 2.00 bits per heavy atom. The third-order valence-electron chi connectivity index (χ3n) is 6.03. The van der Waals surface area contributed by atoms with E-state index in [0.29, 0.717) is 31.7 Å². The van der Waals surface area contributed by atoms with Crippen LogP contribution in [0.4, 0.5) is 8.78 Å². The summed E-state index contributed by atoms with van der Waals surface area (Å²) in [6.45, 7) is 3.98. The lowest BCUT2D eigenvalue weighted by Crippen LogP contribution is -2.45. The summed E-state index contributed by atoms with van der Waals surface area (Å²) in [5.74, 6) is -0.183. The van der Waals surface area contributed by atoms with Crippen LogP contribution in [0.25, 0.3) is 0 Å². The molecule has 180 valence electrons. The molecule has 0 radical (unpaired) electrons. The Morgan fingerprint density at radius 1 is 1.30 bits per heavy atom. The van der Waals surface area contributed by atoms with E-state index in [1.807, 2.05) is 6.92 Å². The molecule has 0 fully saturated rings. The fourth-order valence-electron chi connectivity index (χ4n) is 4.53. The molecule has 2 amide bonds. The van der Waals surface area contributed by atoms with E-state index in [-0.39, 0.29) is 48.1 Å². The van der Waals surface area contributed by atoms with Crippen molar-refractivity contribution in [3.05, 3.63) is 46.8 Å². The van der Waals surface area contributed by atoms with Gasteiger partial charge in [0, 0.05) is 38.0 Å². The molecule has 2 N–H and O–H groups in total. The highest BCUT2D eigenvalue weighted by atomic mass is 35.5. The van der Waals surface area contributed by atoms with Crippen molar-refractivity contribution in [3.8, 4) is 5.75 Å². The van der Waals surface area contributed by atoms with Gasteiger partial charge in [0.05, 0.1) is 24.3 Å². The van der Waals surface area contributed by atoms with Gasteiger partial charge in [0.25, 0.3) is 5.91 Å². The number of rotatable bonds is 6. The third kappa shape index (κ3) is 5.11. The zero-order chi connectivity index (χ0) is 23.0. The minimum Gasteiger partial charge on any atom is -0.435 e. The Morgan fingerprint density at radius 3 is 2.64 bits per heavy atom. The number of fused-ring (bicyclic) bond motifs is 3. The normalized spacial score (nSPS) is 20.5. The van der Waals surface area contributed by atoms with Gasteiger partial charge in [-0.1, -0.05) is 12.1 Å². The van der Waals surface area contributed by atoms with Crippen molar-refractivity contribution in [3.63, 3.8) is 0 Å². The van der Waals surface area contributed by atoms with Crippen LogP contribution in [0.3, 0.4) is 0 Å². The average molecular weight is 484 g/mol. The Bertz CT molecular complexity index is 1010. The van der Waals surface area contributed by atoms with Gasteiger partial charge in [-0.2, -0.15) is 13.9 Å². The van der Waals surface area contributed by atoms with Crippen molar-refractivity contribution in [1.82, 2.24) is 25.3 Å². The molecule has 33 heavy (non-hydrogen) atoms. The van der Waals surface area contributed by atoms with E-state index in [2.05, 4.69) is 22.3 Å². The van der Waals surface area contributed by atoms with Crippen LogP contribution in [0.15, 0.2) is 24.3 Å². The van der Waals surface area contributed by atoms with E-state index >= 15 is 0 Å². The molecule has 11 heteroatoms. The topological polar surface area (TPSA) is 88.5 Å². The highest BCUT2D eigenvalue weighted by Gasteiger charge is 2.38. The predicted molar refractivity (Wildman–Crippen MR) is 120 cm³/mol. The van der Waals surface area contributed by atoms with Gasteiger partial charge in [-0.05, 0) is 31.5 Å². The molecule has 0 bridgehead atoms. The van der Waals surface area contributed by atoms with Gasteiger partial charge in [-0.15, -0.1) is 12.4 Å². The molecule has 0 spiro atoms. The second kappa shape index (κ2) is 10.0. The van der Waals surface area contributed by atoms with Crippen molar-refractivity contribution in [2.75, 3.05) is 13.1 Å². The third-order valence-corrected chi connectivity index (χ3v) is 6.03. The molecule has 2 aromatic rings. The molecule has 8 nitrogen and oxygen atoms in total. The number of alkyl halides is 2. The number of nitrogens with zero attached hydrogens (tertiary/aromatic N) is 3. The van der Waals surface area contributed by atoms with E-state index in [9.17, 15) is 18.4 Å². The first-order chi connectivity index (χ1) is 15.2. The summed E-state index contributed by atoms with van der Waals surface area (Å²) < 4.78 is 31.0. The minimum absolute atomic E-state index is 0. The Kier molecular flexibility index (Phi) is 7.58. The van der Waals surface area contributed by atoms with Crippen molar-refractivity contribution >= 4 is 24.2 Å². The van der Waals surface area contributed by atoms with Crippen molar-refractivity contribution in [2.45, 2.75) is 58.5 Å². The maximum absolute atomic E-state index is 13.6. The first-order valence-corrected chi connectivity index (χ1v) is 10.7. The van der Waals surface area contributed by atoms with Crippen molar-refractivity contribution < 1.29 is 23.1 Å². The summed E-state index contributed by atoms with van der Waals surface area (Å²) in [4.78, 5) is 26.8. The molecule has 3 atom stereocenters. The number of aromatic nitrogens is 2. The van der Waals surface area contributed by atoms with E-state index in [4.69, 9.17) is 5.10 Å². The largest absolute Gasteiger partial charge is 0.435 e. The van der Waals surface area contributed by atoms with Crippen molar-refractivity contribution in [2.24, 2.45) is 0 Å². The quantitative estimate of drug-likeness (QED) is 0.659. The lowest BCUT2D eigenvalue weighted by molar-refractivity contribution is -0.119. The highest BCUT2D eigenvalue weighted by molar-refractivity contribution is 5.95. The van der Waals surface area contributed by atoms with E-state index < -0.39 is 6.61 Å². The average Bonchev–Trinajstić information content (AvgIpc) is 3.11. The number of nitrogens with one attached hydrogen (secondary N) is 2. The molecule has 2 unspecified atom stereocenters. The Labute approximate surface area is 197 Å². The highest BCUT2D eigenvalue weighted by Crippen LogP contribution is 2.33. The monoisotopic (exact) mass is 483 g/mol. The fraction of sp³-hybridized carbons (Fsp3) is 0.500. The predicted octanol–water partition coefficient (Wildman–Crippen LogP) is 2.83. The Balaban J connectivity index is 0.00000306. The smallest absolute Gasteiger partial charge is 0.387 e. The maximum atomic E-state index is 13.6. The second-order valence-electron chi connectivity index (χ2n) is 8.32. The zero-order valence-corrected chi connectivity index (χ0v) is 19.5. The van der Waals surface area contributed by atoms with E-state index in [1.165, 1.54) is 19.1 Å². The van der Waals surface area contributed by atoms with Crippen LogP contribution in [-0.4, -0.2) is 52.2 Å². The number of benzene rings is 1. The molecular weight excluding hydrogens is 456 g/mol. The van der Waals surface area contributed by atoms with Crippen LogP contribution in [-0.2, 0) is 17.8 Å². The number of halogens is 3. The SMILES string of the molecule is CC(=O)NCC1N[C@H](C)Cc2nn3c(c21)C(=O)N(C(C)c1ccc(OC(F)F)cc1)CC3.Cl. The number of hydrogen-bond donors (Lipinski definition) is 2. The van der Waals surface area contributed by atoms with Crippen molar-refractivity contribution in [1.29, 1.82) is 0 Å². The number of carbonyl (C=O) groups excluding carboxylic acids is 2. The molecule has 0 aliphatic carbocycles. The van der Waals surface area contributed by atoms with Crippen LogP contribution in [0.2, 0.25) is 0 Å². The minimum atomic E-state index is -2.88. The number of amides is 2. The van der Waals surface area contributed by atoms with Crippen LogP contribution in [0.1, 0.15) is 60.2 Å². The number of ether oxygens (including phenoxy) is 1.